The summed E-state index contributed by atoms with van der Waals surface area (Å²) in [6.45, 7) is 1.54. The lowest BCUT2D eigenvalue weighted by molar-refractivity contribution is -0.167. The van der Waals surface area contributed by atoms with Gasteiger partial charge in [0.15, 0.2) is 5.78 Å². The average molecular weight is 317 g/mol. The van der Waals surface area contributed by atoms with Gasteiger partial charge in [0.2, 0.25) is 0 Å². The van der Waals surface area contributed by atoms with Gasteiger partial charge in [0.1, 0.15) is 0 Å². The molecule has 0 bridgehead atoms. The summed E-state index contributed by atoms with van der Waals surface area (Å²) in [5.41, 5.74) is 0.140. The Morgan fingerprint density at radius 2 is 1.73 bits per heavy atom. The number of rotatable bonds is 5. The lowest BCUT2D eigenvalue weighted by Gasteiger charge is -2.11. The number of esters is 1. The van der Waals surface area contributed by atoms with Gasteiger partial charge in [0.05, 0.1) is 13.5 Å². The standard InChI is InChI=1S/C14H14F3NO4/c1-8(7-11(19)22-2)12(20)9-3-5-10(6-4-9)18-13(21)14(15,16)17/h3-6,8H,7H2,1-2H3,(H,18,21). The van der Waals surface area contributed by atoms with Crippen molar-refractivity contribution in [1.82, 2.24) is 0 Å². The molecule has 120 valence electrons. The molecule has 1 aromatic rings. The molecule has 1 amide bonds. The van der Waals surface area contributed by atoms with Gasteiger partial charge in [-0.3, -0.25) is 14.4 Å². The topological polar surface area (TPSA) is 72.5 Å². The summed E-state index contributed by atoms with van der Waals surface area (Å²) >= 11 is 0. The fourth-order valence-corrected chi connectivity index (χ4v) is 1.63. The fourth-order valence-electron chi connectivity index (χ4n) is 1.63. The summed E-state index contributed by atoms with van der Waals surface area (Å²) in [6.07, 6.45) is -5.08. The van der Waals surface area contributed by atoms with Crippen LogP contribution in [0.3, 0.4) is 0 Å². The molecule has 0 heterocycles. The maximum absolute atomic E-state index is 12.1. The van der Waals surface area contributed by atoms with E-state index in [2.05, 4.69) is 4.74 Å². The van der Waals surface area contributed by atoms with E-state index in [1.54, 1.807) is 12.2 Å². The third-order valence-electron chi connectivity index (χ3n) is 2.83. The first kappa shape index (κ1) is 17.7. The van der Waals surface area contributed by atoms with Crippen LogP contribution in [0.2, 0.25) is 0 Å². The number of anilines is 1. The highest BCUT2D eigenvalue weighted by molar-refractivity contribution is 6.00. The van der Waals surface area contributed by atoms with Gasteiger partial charge >= 0.3 is 18.1 Å². The molecule has 1 aromatic carbocycles. The third kappa shape index (κ3) is 4.87. The number of carbonyl (C=O) groups excluding carboxylic acids is 3. The maximum atomic E-state index is 12.1. The number of nitrogens with one attached hydrogen (secondary N) is 1. The van der Waals surface area contributed by atoms with Crippen LogP contribution < -0.4 is 5.32 Å². The number of ether oxygens (including phenoxy) is 1. The van der Waals surface area contributed by atoms with E-state index in [0.29, 0.717) is 0 Å². The molecule has 0 aliphatic rings. The van der Waals surface area contributed by atoms with Crippen molar-refractivity contribution in [3.8, 4) is 0 Å². The van der Waals surface area contributed by atoms with Crippen molar-refractivity contribution in [3.63, 3.8) is 0 Å². The van der Waals surface area contributed by atoms with Gasteiger partial charge in [-0.15, -0.1) is 0 Å². The molecule has 0 fully saturated rings. The largest absolute Gasteiger partial charge is 0.471 e. The van der Waals surface area contributed by atoms with Crippen LogP contribution in [0.25, 0.3) is 0 Å². The summed E-state index contributed by atoms with van der Waals surface area (Å²) in [4.78, 5) is 33.9. The Hall–Kier alpha value is -2.38. The van der Waals surface area contributed by atoms with Crippen LogP contribution in [0.5, 0.6) is 0 Å². The molecule has 0 aliphatic heterocycles. The number of alkyl halides is 3. The number of hydrogen-bond acceptors (Lipinski definition) is 4. The molecule has 0 aromatic heterocycles. The van der Waals surface area contributed by atoms with E-state index in [0.717, 1.165) is 0 Å². The zero-order chi connectivity index (χ0) is 16.9. The van der Waals surface area contributed by atoms with Crippen molar-refractivity contribution in [1.29, 1.82) is 0 Å². The number of carbonyl (C=O) groups is 3. The second kappa shape index (κ2) is 7.06. The number of Topliss-reactive ketones (excluding diaryl/α,β-unsaturated/α-hetero) is 1. The van der Waals surface area contributed by atoms with E-state index in [-0.39, 0.29) is 23.5 Å². The summed E-state index contributed by atoms with van der Waals surface area (Å²) in [7, 11) is 1.21. The number of benzene rings is 1. The predicted octanol–water partition coefficient (Wildman–Crippen LogP) is 2.57. The normalized spacial score (nSPS) is 12.4. The minimum atomic E-state index is -4.98. The minimum absolute atomic E-state index is 0.0838. The van der Waals surface area contributed by atoms with E-state index >= 15 is 0 Å². The molecule has 0 spiro atoms. The molecule has 0 saturated carbocycles. The lowest BCUT2D eigenvalue weighted by Crippen LogP contribution is -2.29. The molecule has 1 atom stereocenters. The van der Waals surface area contributed by atoms with Crippen molar-refractivity contribution in [2.24, 2.45) is 5.92 Å². The highest BCUT2D eigenvalue weighted by atomic mass is 19.4. The predicted molar refractivity (Wildman–Crippen MR) is 71.3 cm³/mol. The summed E-state index contributed by atoms with van der Waals surface area (Å²) < 4.78 is 40.7. The van der Waals surface area contributed by atoms with E-state index in [9.17, 15) is 27.6 Å². The lowest BCUT2D eigenvalue weighted by atomic mass is 9.96. The van der Waals surface area contributed by atoms with Gasteiger partial charge in [-0.05, 0) is 24.3 Å². The van der Waals surface area contributed by atoms with E-state index in [4.69, 9.17) is 0 Å². The van der Waals surface area contributed by atoms with Crippen molar-refractivity contribution in [2.45, 2.75) is 19.5 Å². The van der Waals surface area contributed by atoms with Gasteiger partial charge in [0, 0.05) is 17.2 Å². The number of halogens is 3. The number of ketones is 1. The molecule has 22 heavy (non-hydrogen) atoms. The van der Waals surface area contributed by atoms with Crippen molar-refractivity contribution in [2.75, 3.05) is 12.4 Å². The Kier molecular flexibility index (Phi) is 5.67. The Bertz CT molecular complexity index is 566. The van der Waals surface area contributed by atoms with Gasteiger partial charge < -0.3 is 10.1 Å². The van der Waals surface area contributed by atoms with Gasteiger partial charge in [0.25, 0.3) is 0 Å². The number of hydrogen-bond donors (Lipinski definition) is 1. The first-order chi connectivity index (χ1) is 10.1. The van der Waals surface area contributed by atoms with Crippen molar-refractivity contribution < 1.29 is 32.3 Å². The second-order valence-electron chi connectivity index (χ2n) is 4.57. The fraction of sp³-hybridized carbons (Fsp3) is 0.357. The number of amides is 1. The van der Waals surface area contributed by atoms with Crippen molar-refractivity contribution >= 4 is 23.3 Å². The average Bonchev–Trinajstić information content (AvgIpc) is 2.46. The second-order valence-corrected chi connectivity index (χ2v) is 4.57. The summed E-state index contributed by atoms with van der Waals surface area (Å²) in [5.74, 6) is -3.59. The highest BCUT2D eigenvalue weighted by Gasteiger charge is 2.38. The van der Waals surface area contributed by atoms with Gasteiger partial charge in [-0.25, -0.2) is 0 Å². The molecule has 5 nitrogen and oxygen atoms in total. The highest BCUT2D eigenvalue weighted by Crippen LogP contribution is 2.20. The zero-order valence-electron chi connectivity index (χ0n) is 11.9. The molecule has 0 saturated heterocycles. The molecule has 1 N–H and O–H groups in total. The van der Waals surface area contributed by atoms with E-state index in [1.807, 2.05) is 0 Å². The smallest absolute Gasteiger partial charge is 0.469 e. The van der Waals surface area contributed by atoms with Crippen LogP contribution in [0, 0.1) is 5.92 Å². The van der Waals surface area contributed by atoms with Crippen LogP contribution in [0.4, 0.5) is 18.9 Å². The molecule has 1 rings (SSSR count). The van der Waals surface area contributed by atoms with Gasteiger partial charge in [-0.1, -0.05) is 6.92 Å². The van der Waals surface area contributed by atoms with Crippen LogP contribution in [0.1, 0.15) is 23.7 Å². The Balaban J connectivity index is 2.74. The van der Waals surface area contributed by atoms with Crippen LogP contribution in [0.15, 0.2) is 24.3 Å². The monoisotopic (exact) mass is 317 g/mol. The zero-order valence-corrected chi connectivity index (χ0v) is 11.9. The quantitative estimate of drug-likeness (QED) is 0.669. The summed E-state index contributed by atoms with van der Waals surface area (Å²) in [5, 5.41) is 1.67. The molecule has 0 radical (unpaired) electrons. The molecular formula is C14H14F3NO4. The SMILES string of the molecule is COC(=O)CC(C)C(=O)c1ccc(NC(=O)C(F)(F)F)cc1. The Morgan fingerprint density at radius 3 is 2.18 bits per heavy atom. The van der Waals surface area contributed by atoms with E-state index < -0.39 is 24.0 Å². The maximum Gasteiger partial charge on any atom is 0.471 e. The molecule has 8 heteroatoms. The molecule has 0 aliphatic carbocycles. The minimum Gasteiger partial charge on any atom is -0.469 e. The molecular weight excluding hydrogens is 303 g/mol. The van der Waals surface area contributed by atoms with Gasteiger partial charge in [-0.2, -0.15) is 13.2 Å². The summed E-state index contributed by atoms with van der Waals surface area (Å²) in [6, 6.07) is 4.92. The Morgan fingerprint density at radius 1 is 1.18 bits per heavy atom. The van der Waals surface area contributed by atoms with Crippen molar-refractivity contribution in [3.05, 3.63) is 29.8 Å². The van der Waals surface area contributed by atoms with Crippen LogP contribution >= 0.6 is 0 Å². The number of methoxy groups -OCH3 is 1. The Labute approximate surface area is 124 Å². The van der Waals surface area contributed by atoms with Crippen LogP contribution in [-0.4, -0.2) is 30.9 Å². The first-order valence-electron chi connectivity index (χ1n) is 6.24. The van der Waals surface area contributed by atoms with Crippen LogP contribution in [-0.2, 0) is 14.3 Å². The third-order valence-corrected chi connectivity index (χ3v) is 2.83. The first-order valence-corrected chi connectivity index (χ1v) is 6.24. The molecule has 1 unspecified atom stereocenters. The van der Waals surface area contributed by atoms with E-state index in [1.165, 1.54) is 31.4 Å².